The summed E-state index contributed by atoms with van der Waals surface area (Å²) in [6.45, 7) is 3.74. The Morgan fingerprint density at radius 3 is 2.35 bits per heavy atom. The van der Waals surface area contributed by atoms with Crippen molar-refractivity contribution in [1.29, 1.82) is 0 Å². The lowest BCUT2D eigenvalue weighted by atomic mass is 10.1. The van der Waals surface area contributed by atoms with Gasteiger partial charge >= 0.3 is 11.9 Å². The lowest BCUT2D eigenvalue weighted by Gasteiger charge is -2.09. The first kappa shape index (κ1) is 13.0. The number of rotatable bonds is 4. The van der Waals surface area contributed by atoms with E-state index in [1.54, 1.807) is 13.8 Å². The number of nitrogen functional groups attached to an aromatic ring is 1. The van der Waals surface area contributed by atoms with E-state index in [1.165, 1.54) is 12.4 Å². The van der Waals surface area contributed by atoms with Crippen molar-refractivity contribution in [2.45, 2.75) is 13.8 Å². The lowest BCUT2D eigenvalue weighted by Crippen LogP contribution is -2.16. The van der Waals surface area contributed by atoms with Crippen LogP contribution < -0.4 is 5.73 Å². The normalized spacial score (nSPS) is 9.76. The van der Waals surface area contributed by atoms with Crippen LogP contribution in [0.25, 0.3) is 0 Å². The Labute approximate surface area is 98.7 Å². The van der Waals surface area contributed by atoms with Gasteiger partial charge in [-0.2, -0.15) is 0 Å². The lowest BCUT2D eigenvalue weighted by molar-refractivity contribution is 0.0479. The predicted octanol–water partition coefficient (Wildman–Crippen LogP) is 1.02. The third kappa shape index (κ3) is 2.93. The van der Waals surface area contributed by atoms with Gasteiger partial charge in [0.2, 0.25) is 0 Å². The maximum absolute atomic E-state index is 11.7. The van der Waals surface area contributed by atoms with E-state index in [2.05, 4.69) is 4.98 Å². The Bertz CT molecular complexity index is 431. The highest BCUT2D eigenvalue weighted by Gasteiger charge is 2.22. The number of pyridine rings is 1. The molecule has 1 heterocycles. The van der Waals surface area contributed by atoms with E-state index < -0.39 is 11.9 Å². The van der Waals surface area contributed by atoms with Crippen LogP contribution >= 0.6 is 0 Å². The smallest absolute Gasteiger partial charge is 0.341 e. The van der Waals surface area contributed by atoms with Crippen molar-refractivity contribution in [1.82, 2.24) is 4.98 Å². The minimum Gasteiger partial charge on any atom is -0.462 e. The minimum absolute atomic E-state index is 0.000278. The molecule has 0 radical (unpaired) electrons. The molecule has 1 aromatic rings. The van der Waals surface area contributed by atoms with Crippen molar-refractivity contribution in [2.24, 2.45) is 0 Å². The molecule has 6 heteroatoms. The van der Waals surface area contributed by atoms with Crippen LogP contribution in [-0.2, 0) is 9.47 Å². The van der Waals surface area contributed by atoms with E-state index in [0.717, 1.165) is 0 Å². The van der Waals surface area contributed by atoms with Crippen molar-refractivity contribution >= 4 is 17.6 Å². The molecule has 0 saturated carbocycles. The second-order valence-electron chi connectivity index (χ2n) is 3.09. The molecule has 0 aliphatic carbocycles. The van der Waals surface area contributed by atoms with Gasteiger partial charge in [0, 0.05) is 6.20 Å². The van der Waals surface area contributed by atoms with Gasteiger partial charge in [-0.05, 0) is 13.8 Å². The molecular formula is C11H14N2O4. The Kier molecular flexibility index (Phi) is 4.45. The fraction of sp³-hybridized carbons (Fsp3) is 0.364. The van der Waals surface area contributed by atoms with E-state index in [1.807, 2.05) is 0 Å². The van der Waals surface area contributed by atoms with Gasteiger partial charge < -0.3 is 15.2 Å². The average molecular weight is 238 g/mol. The summed E-state index contributed by atoms with van der Waals surface area (Å²) in [6, 6.07) is 0. The first-order valence-electron chi connectivity index (χ1n) is 5.19. The highest BCUT2D eigenvalue weighted by atomic mass is 16.5. The molecule has 0 bridgehead atoms. The number of carbonyl (C=O) groups excluding carboxylic acids is 2. The number of aromatic nitrogens is 1. The number of esters is 2. The Balaban J connectivity index is 3.17. The fourth-order valence-electron chi connectivity index (χ4n) is 1.27. The summed E-state index contributed by atoms with van der Waals surface area (Å²) in [7, 11) is 0. The topological polar surface area (TPSA) is 91.5 Å². The molecule has 92 valence electrons. The van der Waals surface area contributed by atoms with Gasteiger partial charge in [-0.3, -0.25) is 4.98 Å². The van der Waals surface area contributed by atoms with Gasteiger partial charge in [0.05, 0.1) is 30.7 Å². The van der Waals surface area contributed by atoms with Crippen LogP contribution in [0.4, 0.5) is 5.69 Å². The highest BCUT2D eigenvalue weighted by Crippen LogP contribution is 2.17. The van der Waals surface area contributed by atoms with E-state index in [-0.39, 0.29) is 30.0 Å². The van der Waals surface area contributed by atoms with Gasteiger partial charge in [0.1, 0.15) is 5.56 Å². The number of carbonyl (C=O) groups is 2. The molecule has 17 heavy (non-hydrogen) atoms. The molecular weight excluding hydrogens is 224 g/mol. The minimum atomic E-state index is -0.657. The van der Waals surface area contributed by atoms with Crippen LogP contribution in [0.1, 0.15) is 34.6 Å². The number of ether oxygens (including phenoxy) is 2. The maximum atomic E-state index is 11.7. The monoisotopic (exact) mass is 238 g/mol. The predicted molar refractivity (Wildman–Crippen MR) is 60.6 cm³/mol. The molecule has 1 rings (SSSR count). The molecule has 1 aromatic heterocycles. The van der Waals surface area contributed by atoms with E-state index in [9.17, 15) is 9.59 Å². The quantitative estimate of drug-likeness (QED) is 0.787. The standard InChI is InChI=1S/C11H14N2O4/c1-3-16-10(14)7-5-13-6-8(12)9(7)11(15)17-4-2/h5-6H,3-4,12H2,1-2H3. The number of hydrogen-bond acceptors (Lipinski definition) is 6. The fourth-order valence-corrected chi connectivity index (χ4v) is 1.27. The zero-order chi connectivity index (χ0) is 12.8. The summed E-state index contributed by atoms with van der Waals surface area (Å²) in [6.07, 6.45) is 2.52. The highest BCUT2D eigenvalue weighted by molar-refractivity contribution is 6.06. The average Bonchev–Trinajstić information content (AvgIpc) is 2.29. The zero-order valence-electron chi connectivity index (χ0n) is 9.73. The van der Waals surface area contributed by atoms with Crippen molar-refractivity contribution < 1.29 is 19.1 Å². The third-order valence-electron chi connectivity index (χ3n) is 1.95. The number of hydrogen-bond donors (Lipinski definition) is 1. The summed E-state index contributed by atoms with van der Waals surface area (Å²) >= 11 is 0. The number of nitrogens with two attached hydrogens (primary N) is 1. The van der Waals surface area contributed by atoms with Crippen LogP contribution in [0.3, 0.4) is 0 Å². The molecule has 6 nitrogen and oxygen atoms in total. The molecule has 0 aromatic carbocycles. The Morgan fingerprint density at radius 1 is 1.18 bits per heavy atom. The number of nitrogens with zero attached hydrogens (tertiary/aromatic N) is 1. The van der Waals surface area contributed by atoms with Crippen LogP contribution in [0, 0.1) is 0 Å². The van der Waals surface area contributed by atoms with Crippen molar-refractivity contribution in [2.75, 3.05) is 18.9 Å². The summed E-state index contributed by atoms with van der Waals surface area (Å²) in [5, 5.41) is 0. The Hall–Kier alpha value is -2.11. The zero-order valence-corrected chi connectivity index (χ0v) is 9.73. The molecule has 0 aliphatic heterocycles. The molecule has 0 spiro atoms. The van der Waals surface area contributed by atoms with Gasteiger partial charge in [0.25, 0.3) is 0 Å². The van der Waals surface area contributed by atoms with Gasteiger partial charge in [-0.1, -0.05) is 0 Å². The van der Waals surface area contributed by atoms with Crippen LogP contribution in [-0.4, -0.2) is 30.1 Å². The summed E-state index contributed by atoms with van der Waals surface area (Å²) in [4.78, 5) is 27.0. The third-order valence-corrected chi connectivity index (χ3v) is 1.95. The van der Waals surface area contributed by atoms with Gasteiger partial charge in [-0.15, -0.1) is 0 Å². The van der Waals surface area contributed by atoms with Crippen LogP contribution in [0.15, 0.2) is 12.4 Å². The van der Waals surface area contributed by atoms with Crippen LogP contribution in [0.5, 0.6) is 0 Å². The van der Waals surface area contributed by atoms with Gasteiger partial charge in [-0.25, -0.2) is 9.59 Å². The Morgan fingerprint density at radius 2 is 1.76 bits per heavy atom. The molecule has 0 unspecified atom stereocenters. The SMILES string of the molecule is CCOC(=O)c1cncc(N)c1C(=O)OCC. The molecule has 0 aliphatic rings. The molecule has 0 atom stereocenters. The van der Waals surface area contributed by atoms with E-state index in [4.69, 9.17) is 15.2 Å². The van der Waals surface area contributed by atoms with Crippen LogP contribution in [0.2, 0.25) is 0 Å². The molecule has 0 amide bonds. The van der Waals surface area contributed by atoms with Crippen molar-refractivity contribution in [3.05, 3.63) is 23.5 Å². The molecule has 2 N–H and O–H groups in total. The largest absolute Gasteiger partial charge is 0.462 e. The molecule has 0 fully saturated rings. The summed E-state index contributed by atoms with van der Waals surface area (Å²) in [5.41, 5.74) is 5.73. The molecule has 0 saturated heterocycles. The maximum Gasteiger partial charge on any atom is 0.341 e. The summed E-state index contributed by atoms with van der Waals surface area (Å²) in [5.74, 6) is -1.30. The number of anilines is 1. The first-order valence-corrected chi connectivity index (χ1v) is 5.19. The second kappa shape index (κ2) is 5.83. The van der Waals surface area contributed by atoms with E-state index in [0.29, 0.717) is 0 Å². The first-order chi connectivity index (χ1) is 8.11. The second-order valence-corrected chi connectivity index (χ2v) is 3.09. The van der Waals surface area contributed by atoms with Gasteiger partial charge in [0.15, 0.2) is 0 Å². The van der Waals surface area contributed by atoms with Crippen molar-refractivity contribution in [3.63, 3.8) is 0 Å². The van der Waals surface area contributed by atoms with E-state index >= 15 is 0 Å². The summed E-state index contributed by atoms with van der Waals surface area (Å²) < 4.78 is 9.63. The van der Waals surface area contributed by atoms with Crippen molar-refractivity contribution in [3.8, 4) is 0 Å².